The van der Waals surface area contributed by atoms with E-state index in [0.29, 0.717) is 25.2 Å². The van der Waals surface area contributed by atoms with Gasteiger partial charge in [0, 0.05) is 45.2 Å². The summed E-state index contributed by atoms with van der Waals surface area (Å²) in [6, 6.07) is 6.89. The number of nitrogens with one attached hydrogen (secondary N) is 2. The van der Waals surface area contributed by atoms with Crippen LogP contribution in [0.2, 0.25) is 0 Å². The third-order valence-electron chi connectivity index (χ3n) is 4.46. The van der Waals surface area contributed by atoms with Crippen LogP contribution in [-0.2, 0) is 21.4 Å². The molecule has 0 bridgehead atoms. The number of hydrogen-bond donors (Lipinski definition) is 2. The summed E-state index contributed by atoms with van der Waals surface area (Å²) in [4.78, 5) is 14.5. The molecule has 10 heteroatoms. The minimum Gasteiger partial charge on any atom is -0.352 e. The fourth-order valence-corrected chi connectivity index (χ4v) is 4.47. The van der Waals surface area contributed by atoms with Crippen molar-refractivity contribution in [1.82, 2.24) is 19.8 Å². The van der Waals surface area contributed by atoms with Gasteiger partial charge in [0.15, 0.2) is 0 Å². The summed E-state index contributed by atoms with van der Waals surface area (Å²) in [5, 5.41) is 5.80. The zero-order valence-electron chi connectivity index (χ0n) is 16.0. The molecule has 1 fully saturated rings. The van der Waals surface area contributed by atoms with Crippen LogP contribution in [0.4, 0.5) is 0 Å². The topological polar surface area (TPSA) is 81.8 Å². The van der Waals surface area contributed by atoms with E-state index >= 15 is 0 Å². The van der Waals surface area contributed by atoms with Crippen LogP contribution in [0.1, 0.15) is 12.5 Å². The first-order valence-electron chi connectivity index (χ1n) is 8.55. The highest BCUT2D eigenvalue weighted by molar-refractivity contribution is 7.89. The van der Waals surface area contributed by atoms with Crippen molar-refractivity contribution < 1.29 is 13.2 Å². The second-order valence-electron chi connectivity index (χ2n) is 6.49. The average Bonchev–Trinajstić information content (AvgIpc) is 2.60. The fraction of sp³-hybridized carbons (Fsp3) is 0.588. The third-order valence-corrected chi connectivity index (χ3v) is 6.46. The van der Waals surface area contributed by atoms with Gasteiger partial charge in [-0.05, 0) is 25.7 Å². The smallest absolute Gasteiger partial charge is 0.243 e. The summed E-state index contributed by atoms with van der Waals surface area (Å²) in [5.74, 6) is -0.271. The van der Waals surface area contributed by atoms with Gasteiger partial charge in [0.2, 0.25) is 15.9 Å². The molecule has 1 amide bonds. The zero-order chi connectivity index (χ0) is 18.4. The monoisotopic (exact) mass is 440 g/mol. The Kier molecular flexibility index (Phi) is 11.4. The maximum absolute atomic E-state index is 13.0. The first-order valence-corrected chi connectivity index (χ1v) is 9.99. The molecule has 0 aromatic heterocycles. The Hall–Kier alpha value is -0.900. The number of piperazine rings is 1. The molecule has 0 saturated carbocycles. The van der Waals surface area contributed by atoms with E-state index in [1.807, 2.05) is 14.0 Å². The Labute approximate surface area is 174 Å². The summed E-state index contributed by atoms with van der Waals surface area (Å²) in [7, 11) is 0.228. The van der Waals surface area contributed by atoms with Crippen molar-refractivity contribution >= 4 is 40.7 Å². The normalized spacial score (nSPS) is 16.7. The number of benzene rings is 1. The molecule has 1 heterocycles. The highest BCUT2D eigenvalue weighted by Crippen LogP contribution is 2.21. The van der Waals surface area contributed by atoms with Gasteiger partial charge in [-0.25, -0.2) is 8.42 Å². The Morgan fingerprint density at radius 1 is 1.15 bits per heavy atom. The molecule has 7 nitrogen and oxygen atoms in total. The molecule has 1 atom stereocenters. The predicted molar refractivity (Wildman–Crippen MR) is 112 cm³/mol. The summed E-state index contributed by atoms with van der Waals surface area (Å²) >= 11 is 0. The van der Waals surface area contributed by atoms with Crippen molar-refractivity contribution in [3.63, 3.8) is 0 Å². The molecular weight excluding hydrogens is 411 g/mol. The van der Waals surface area contributed by atoms with Gasteiger partial charge in [-0.1, -0.05) is 25.1 Å². The van der Waals surface area contributed by atoms with Gasteiger partial charge in [-0.2, -0.15) is 4.31 Å². The second-order valence-corrected chi connectivity index (χ2v) is 8.40. The van der Waals surface area contributed by atoms with Crippen molar-refractivity contribution in [2.24, 2.45) is 5.92 Å². The average molecular weight is 441 g/mol. The first kappa shape index (κ1) is 26.1. The lowest BCUT2D eigenvalue weighted by Gasteiger charge is -2.32. The van der Waals surface area contributed by atoms with Crippen LogP contribution in [0.25, 0.3) is 0 Å². The van der Waals surface area contributed by atoms with Crippen LogP contribution in [-0.4, -0.2) is 70.3 Å². The number of halogens is 2. The largest absolute Gasteiger partial charge is 0.352 e. The Balaban J connectivity index is 0.00000338. The number of rotatable bonds is 7. The molecule has 1 saturated heterocycles. The van der Waals surface area contributed by atoms with Crippen LogP contribution in [0.3, 0.4) is 0 Å². The van der Waals surface area contributed by atoms with E-state index in [4.69, 9.17) is 0 Å². The summed E-state index contributed by atoms with van der Waals surface area (Å²) in [5.41, 5.74) is 0.617. The van der Waals surface area contributed by atoms with E-state index in [2.05, 4.69) is 15.5 Å². The van der Waals surface area contributed by atoms with Gasteiger partial charge in [0.1, 0.15) is 0 Å². The maximum atomic E-state index is 13.0. The number of nitrogens with zero attached hydrogens (tertiary/aromatic N) is 2. The number of carbonyl (C=O) groups excluding carboxylic acids is 1. The second kappa shape index (κ2) is 11.8. The molecule has 1 unspecified atom stereocenters. The number of amides is 1. The van der Waals surface area contributed by atoms with Crippen molar-refractivity contribution in [2.45, 2.75) is 18.4 Å². The summed E-state index contributed by atoms with van der Waals surface area (Å²) in [6.07, 6.45) is 0. The lowest BCUT2D eigenvalue weighted by molar-refractivity contribution is -0.124. The van der Waals surface area contributed by atoms with Gasteiger partial charge in [-0.15, -0.1) is 24.8 Å². The first-order chi connectivity index (χ1) is 11.9. The molecule has 1 aromatic rings. The molecular formula is C17H30Cl2N4O3S. The van der Waals surface area contributed by atoms with E-state index in [0.717, 1.165) is 13.1 Å². The van der Waals surface area contributed by atoms with Gasteiger partial charge < -0.3 is 15.5 Å². The van der Waals surface area contributed by atoms with Gasteiger partial charge in [0.05, 0.1) is 4.90 Å². The van der Waals surface area contributed by atoms with E-state index in [-0.39, 0.29) is 48.1 Å². The Morgan fingerprint density at radius 3 is 2.33 bits per heavy atom. The van der Waals surface area contributed by atoms with Crippen molar-refractivity contribution in [1.29, 1.82) is 0 Å². The van der Waals surface area contributed by atoms with Crippen molar-refractivity contribution in [3.05, 3.63) is 29.8 Å². The van der Waals surface area contributed by atoms with Gasteiger partial charge in [0.25, 0.3) is 0 Å². The molecule has 0 radical (unpaired) electrons. The standard InChI is InChI=1S/C17H28N4O3S.2ClH/c1-14(12-18-2)17(22)19-13-15-6-4-5-7-16(15)25(23,24)21-10-8-20(3)9-11-21;;/h4-7,14,18H,8-13H2,1-3H3,(H,19,22);2*1H. The molecule has 27 heavy (non-hydrogen) atoms. The Morgan fingerprint density at radius 2 is 1.74 bits per heavy atom. The SMILES string of the molecule is CNCC(C)C(=O)NCc1ccccc1S(=O)(=O)N1CCN(C)CC1.Cl.Cl. The lowest BCUT2D eigenvalue weighted by Crippen LogP contribution is -2.47. The lowest BCUT2D eigenvalue weighted by atomic mass is 10.1. The van der Waals surface area contributed by atoms with Crippen LogP contribution in [0.5, 0.6) is 0 Å². The number of likely N-dealkylation sites (N-methyl/N-ethyl adjacent to an activating group) is 1. The molecule has 2 rings (SSSR count). The quantitative estimate of drug-likeness (QED) is 0.658. The molecule has 156 valence electrons. The number of sulfonamides is 1. The highest BCUT2D eigenvalue weighted by Gasteiger charge is 2.29. The molecule has 1 aromatic carbocycles. The predicted octanol–water partition coefficient (Wildman–Crippen LogP) is 0.938. The van der Waals surface area contributed by atoms with Crippen molar-refractivity contribution in [3.8, 4) is 0 Å². The van der Waals surface area contributed by atoms with Crippen molar-refractivity contribution in [2.75, 3.05) is 46.8 Å². The van der Waals surface area contributed by atoms with Crippen LogP contribution in [0, 0.1) is 5.92 Å². The highest BCUT2D eigenvalue weighted by atomic mass is 35.5. The Bertz CT molecular complexity index is 695. The van der Waals surface area contributed by atoms with Crippen LogP contribution < -0.4 is 10.6 Å². The molecule has 0 aliphatic carbocycles. The van der Waals surface area contributed by atoms with E-state index < -0.39 is 10.0 Å². The summed E-state index contributed by atoms with van der Waals surface area (Å²) < 4.78 is 27.5. The molecule has 1 aliphatic heterocycles. The number of carbonyl (C=O) groups is 1. The van der Waals surface area contributed by atoms with Crippen LogP contribution >= 0.6 is 24.8 Å². The van der Waals surface area contributed by atoms with E-state index in [9.17, 15) is 13.2 Å². The molecule has 2 N–H and O–H groups in total. The minimum absolute atomic E-state index is 0. The number of hydrogen-bond acceptors (Lipinski definition) is 5. The summed E-state index contributed by atoms with van der Waals surface area (Å²) in [6.45, 7) is 5.03. The van der Waals surface area contributed by atoms with Gasteiger partial charge in [-0.3, -0.25) is 4.79 Å². The van der Waals surface area contributed by atoms with E-state index in [1.54, 1.807) is 31.3 Å². The fourth-order valence-electron chi connectivity index (χ4n) is 2.82. The van der Waals surface area contributed by atoms with E-state index in [1.165, 1.54) is 4.31 Å². The maximum Gasteiger partial charge on any atom is 0.243 e. The van der Waals surface area contributed by atoms with Gasteiger partial charge >= 0.3 is 0 Å². The zero-order valence-corrected chi connectivity index (χ0v) is 18.4. The molecule has 0 spiro atoms. The molecule has 1 aliphatic rings. The van der Waals surface area contributed by atoms with Crippen LogP contribution in [0.15, 0.2) is 29.2 Å². The third kappa shape index (κ3) is 6.89. The minimum atomic E-state index is -3.55.